The lowest BCUT2D eigenvalue weighted by Crippen LogP contribution is -2.48. The third kappa shape index (κ3) is 5.75. The van der Waals surface area contributed by atoms with E-state index in [4.69, 9.17) is 17.0 Å². The van der Waals surface area contributed by atoms with Crippen LogP contribution in [0.15, 0.2) is 30.3 Å². The number of thiocarbonyl (C=S) groups is 1. The average Bonchev–Trinajstić information content (AvgIpc) is 2.88. The Morgan fingerprint density at radius 2 is 2.13 bits per heavy atom. The van der Waals surface area contributed by atoms with E-state index in [1.807, 2.05) is 23.1 Å². The summed E-state index contributed by atoms with van der Waals surface area (Å²) < 4.78 is 28.6. The van der Waals surface area contributed by atoms with Crippen LogP contribution in [0, 0.1) is 0 Å². The van der Waals surface area contributed by atoms with Crippen molar-refractivity contribution in [1.82, 2.24) is 10.2 Å². The Morgan fingerprint density at radius 3 is 2.74 bits per heavy atom. The van der Waals surface area contributed by atoms with Crippen LogP contribution in [0.2, 0.25) is 0 Å². The van der Waals surface area contributed by atoms with E-state index in [-0.39, 0.29) is 17.5 Å². The molecule has 1 atom stereocenters. The number of ether oxygens (including phenoxy) is 1. The minimum Gasteiger partial charge on any atom is -0.383 e. The van der Waals surface area contributed by atoms with Gasteiger partial charge in [0, 0.05) is 26.2 Å². The number of benzene rings is 1. The maximum absolute atomic E-state index is 11.7. The van der Waals surface area contributed by atoms with Crippen LogP contribution >= 0.6 is 12.2 Å². The molecule has 1 heterocycles. The van der Waals surface area contributed by atoms with Gasteiger partial charge >= 0.3 is 0 Å². The van der Waals surface area contributed by atoms with Gasteiger partial charge in [0.15, 0.2) is 14.9 Å². The number of sulfone groups is 1. The van der Waals surface area contributed by atoms with Gasteiger partial charge < -0.3 is 15.0 Å². The van der Waals surface area contributed by atoms with Crippen molar-refractivity contribution in [2.75, 3.05) is 38.3 Å². The Labute approximate surface area is 143 Å². The fourth-order valence-electron chi connectivity index (χ4n) is 2.72. The smallest absolute Gasteiger partial charge is 0.169 e. The molecule has 5 nitrogen and oxygen atoms in total. The zero-order valence-corrected chi connectivity index (χ0v) is 15.0. The Hall–Kier alpha value is -1.18. The largest absolute Gasteiger partial charge is 0.383 e. The van der Waals surface area contributed by atoms with Crippen LogP contribution in [-0.2, 0) is 21.0 Å². The van der Waals surface area contributed by atoms with Crippen molar-refractivity contribution in [3.63, 3.8) is 0 Å². The summed E-state index contributed by atoms with van der Waals surface area (Å²) in [6.07, 6.45) is 1.51. The highest BCUT2D eigenvalue weighted by Gasteiger charge is 2.33. The van der Waals surface area contributed by atoms with Gasteiger partial charge in [0.2, 0.25) is 0 Å². The predicted octanol–water partition coefficient (Wildman–Crippen LogP) is 1.24. The summed E-state index contributed by atoms with van der Waals surface area (Å²) in [5.41, 5.74) is 1.25. The van der Waals surface area contributed by atoms with Crippen LogP contribution < -0.4 is 5.32 Å². The summed E-state index contributed by atoms with van der Waals surface area (Å²) in [7, 11) is -1.30. The lowest BCUT2D eigenvalue weighted by molar-refractivity contribution is 0.164. The molecule has 1 aromatic carbocycles. The van der Waals surface area contributed by atoms with E-state index >= 15 is 0 Å². The highest BCUT2D eigenvalue weighted by Crippen LogP contribution is 2.18. The Balaban J connectivity index is 1.88. The maximum Gasteiger partial charge on any atom is 0.169 e. The van der Waals surface area contributed by atoms with Crippen LogP contribution in [0.1, 0.15) is 12.0 Å². The molecular weight excluding hydrogens is 332 g/mol. The molecule has 1 aliphatic heterocycles. The zero-order chi connectivity index (χ0) is 16.7. The second kappa shape index (κ2) is 8.61. The predicted molar refractivity (Wildman–Crippen MR) is 96.4 cm³/mol. The second-order valence-electron chi connectivity index (χ2n) is 5.71. The van der Waals surface area contributed by atoms with E-state index < -0.39 is 9.84 Å². The summed E-state index contributed by atoms with van der Waals surface area (Å²) in [4.78, 5) is 1.97. The molecule has 0 bridgehead atoms. The zero-order valence-electron chi connectivity index (χ0n) is 13.4. The van der Waals surface area contributed by atoms with Gasteiger partial charge in [0.1, 0.15) is 0 Å². The molecule has 1 aromatic rings. The molecule has 0 aromatic heterocycles. The van der Waals surface area contributed by atoms with Crippen molar-refractivity contribution in [3.05, 3.63) is 35.9 Å². The topological polar surface area (TPSA) is 58.6 Å². The highest BCUT2D eigenvalue weighted by molar-refractivity contribution is 7.91. The number of rotatable bonds is 7. The van der Waals surface area contributed by atoms with Crippen LogP contribution in [0.3, 0.4) is 0 Å². The fraction of sp³-hybridized carbons (Fsp3) is 0.562. The van der Waals surface area contributed by atoms with Gasteiger partial charge in [-0.25, -0.2) is 8.42 Å². The number of nitrogens with zero attached hydrogens (tertiary/aromatic N) is 1. The second-order valence-corrected chi connectivity index (χ2v) is 8.33. The molecule has 0 saturated carbocycles. The van der Waals surface area contributed by atoms with Crippen LogP contribution in [0.4, 0.5) is 0 Å². The molecule has 2 rings (SSSR count). The first-order valence-electron chi connectivity index (χ1n) is 7.79. The van der Waals surface area contributed by atoms with Crippen molar-refractivity contribution >= 4 is 27.2 Å². The molecule has 0 aliphatic carbocycles. The molecule has 1 saturated heterocycles. The van der Waals surface area contributed by atoms with Crippen molar-refractivity contribution in [2.45, 2.75) is 18.9 Å². The molecule has 0 amide bonds. The van der Waals surface area contributed by atoms with E-state index in [1.54, 1.807) is 7.11 Å². The Bertz CT molecular complexity index is 605. The van der Waals surface area contributed by atoms with Gasteiger partial charge in [-0.05, 0) is 30.6 Å². The average molecular weight is 357 g/mol. The quantitative estimate of drug-likeness (QED) is 0.742. The summed E-state index contributed by atoms with van der Waals surface area (Å²) in [6.45, 7) is 1.86. The molecule has 0 unspecified atom stereocenters. The van der Waals surface area contributed by atoms with E-state index in [1.165, 1.54) is 5.56 Å². The van der Waals surface area contributed by atoms with Gasteiger partial charge in [0.25, 0.3) is 0 Å². The Morgan fingerprint density at radius 1 is 1.39 bits per heavy atom. The third-order valence-electron chi connectivity index (χ3n) is 3.98. The van der Waals surface area contributed by atoms with Crippen molar-refractivity contribution in [3.8, 4) is 0 Å². The molecule has 0 spiro atoms. The number of methoxy groups -OCH3 is 1. The Kier molecular flexibility index (Phi) is 6.80. The molecule has 128 valence electrons. The van der Waals surface area contributed by atoms with Crippen molar-refractivity contribution in [2.24, 2.45) is 0 Å². The van der Waals surface area contributed by atoms with Gasteiger partial charge in [-0.15, -0.1) is 0 Å². The summed E-state index contributed by atoms with van der Waals surface area (Å²) in [5.74, 6) is 0.422. The first-order chi connectivity index (χ1) is 11.0. The summed E-state index contributed by atoms with van der Waals surface area (Å²) in [5, 5.41) is 3.86. The standard InChI is InChI=1S/C16H24N2O3S2/c1-21-11-10-18(15-8-12-23(19,20)13-15)16(22)17-9-7-14-5-3-2-4-6-14/h2-6,15H,7-13H2,1H3,(H,17,22)/t15-/m1/s1. The van der Waals surface area contributed by atoms with Crippen LogP contribution in [0.25, 0.3) is 0 Å². The summed E-state index contributed by atoms with van der Waals surface area (Å²) >= 11 is 5.48. The molecule has 1 fully saturated rings. The van der Waals surface area contributed by atoms with Gasteiger partial charge in [-0.2, -0.15) is 0 Å². The van der Waals surface area contributed by atoms with E-state index in [0.29, 0.717) is 24.7 Å². The molecule has 23 heavy (non-hydrogen) atoms. The van der Waals surface area contributed by atoms with Crippen molar-refractivity contribution < 1.29 is 13.2 Å². The van der Waals surface area contributed by atoms with Crippen LogP contribution in [-0.4, -0.2) is 62.8 Å². The van der Waals surface area contributed by atoms with Gasteiger partial charge in [-0.1, -0.05) is 30.3 Å². The molecule has 0 radical (unpaired) electrons. The SMILES string of the molecule is COCCN(C(=S)NCCc1ccccc1)[C@@H]1CCS(=O)(=O)C1. The van der Waals surface area contributed by atoms with Crippen LogP contribution in [0.5, 0.6) is 0 Å². The maximum atomic E-state index is 11.7. The molecule has 1 aliphatic rings. The summed E-state index contributed by atoms with van der Waals surface area (Å²) in [6, 6.07) is 10.1. The first-order valence-corrected chi connectivity index (χ1v) is 10.0. The first kappa shape index (κ1) is 18.2. The number of hydrogen-bond donors (Lipinski definition) is 1. The highest BCUT2D eigenvalue weighted by atomic mass is 32.2. The minimum absolute atomic E-state index is 0.0492. The monoisotopic (exact) mass is 356 g/mol. The lowest BCUT2D eigenvalue weighted by atomic mass is 10.1. The molecule has 1 N–H and O–H groups in total. The van der Waals surface area contributed by atoms with E-state index in [9.17, 15) is 8.42 Å². The third-order valence-corrected chi connectivity index (χ3v) is 6.11. The van der Waals surface area contributed by atoms with Crippen molar-refractivity contribution in [1.29, 1.82) is 0 Å². The normalized spacial score (nSPS) is 19.4. The number of nitrogens with one attached hydrogen (secondary N) is 1. The molecule has 7 heteroatoms. The van der Waals surface area contributed by atoms with E-state index in [2.05, 4.69) is 17.4 Å². The lowest BCUT2D eigenvalue weighted by Gasteiger charge is -2.30. The fourth-order valence-corrected chi connectivity index (χ4v) is 4.79. The number of hydrogen-bond acceptors (Lipinski definition) is 4. The van der Waals surface area contributed by atoms with E-state index in [0.717, 1.165) is 13.0 Å². The van der Waals surface area contributed by atoms with Gasteiger partial charge in [0.05, 0.1) is 18.1 Å². The minimum atomic E-state index is -2.93. The molecular formula is C16H24N2O3S2. The van der Waals surface area contributed by atoms with Gasteiger partial charge in [-0.3, -0.25) is 0 Å².